The average Bonchev–Trinajstić information content (AvgIpc) is 3.52. The number of hydrogen-bond acceptors (Lipinski definition) is 6. The highest BCUT2D eigenvalue weighted by Gasteiger charge is 2.49. The molecule has 354 valence electrons. The maximum atomic E-state index is 12.5. The van der Waals surface area contributed by atoms with Gasteiger partial charge in [0.25, 0.3) is 0 Å². The van der Waals surface area contributed by atoms with Crippen molar-refractivity contribution in [3.63, 3.8) is 0 Å². The molecule has 6 heteroatoms. The van der Waals surface area contributed by atoms with Gasteiger partial charge < -0.3 is 14.2 Å². The summed E-state index contributed by atoms with van der Waals surface area (Å²) in [6.07, 6.45) is 36.7. The molecule has 6 aliphatic rings. The van der Waals surface area contributed by atoms with E-state index in [1.165, 1.54) is 64.2 Å². The van der Waals surface area contributed by atoms with Crippen LogP contribution in [0.25, 0.3) is 0 Å². The summed E-state index contributed by atoms with van der Waals surface area (Å²) in [5, 5.41) is 0. The minimum Gasteiger partial charge on any atom is -0.454 e. The van der Waals surface area contributed by atoms with Crippen molar-refractivity contribution < 1.29 is 28.6 Å². The van der Waals surface area contributed by atoms with Crippen molar-refractivity contribution in [1.29, 1.82) is 0 Å². The van der Waals surface area contributed by atoms with Gasteiger partial charge in [0.15, 0.2) is 0 Å². The van der Waals surface area contributed by atoms with Gasteiger partial charge in [-0.15, -0.1) is 0 Å². The molecule has 0 heterocycles. The Morgan fingerprint density at radius 2 is 0.700 bits per heavy atom. The fourth-order valence-corrected chi connectivity index (χ4v) is 8.69. The summed E-state index contributed by atoms with van der Waals surface area (Å²) in [7, 11) is 0. The minimum absolute atomic E-state index is 0. The molecule has 0 aromatic rings. The Balaban J connectivity index is -0.000000775. The van der Waals surface area contributed by atoms with Gasteiger partial charge >= 0.3 is 17.9 Å². The predicted molar refractivity (Wildman–Crippen MR) is 260 cm³/mol. The SMILES string of the molecule is C.C.C.C.C.C.CCC(C)(C)C(=O)OC1(C2CC2)C=CCCC1.CCC(C)(C)C(=O)OC1(C2CCCC2)C=CCC1.CCC(C)(C)C(=O)OC1(C2CCCC2)C=CCCC1. The van der Waals surface area contributed by atoms with E-state index < -0.39 is 0 Å². The zero-order valence-electron chi connectivity index (χ0n) is 36.0. The van der Waals surface area contributed by atoms with Crippen molar-refractivity contribution in [3.8, 4) is 0 Å². The number of carbonyl (C=O) groups excluding carboxylic acids is 3. The van der Waals surface area contributed by atoms with E-state index in [9.17, 15) is 14.4 Å². The highest BCUT2D eigenvalue weighted by molar-refractivity contribution is 5.77. The molecule has 0 bridgehead atoms. The van der Waals surface area contributed by atoms with Crippen molar-refractivity contribution in [2.24, 2.45) is 34.0 Å². The third kappa shape index (κ3) is 15.5. The van der Waals surface area contributed by atoms with Gasteiger partial charge in [0.05, 0.1) is 16.2 Å². The molecule has 6 aliphatic carbocycles. The van der Waals surface area contributed by atoms with E-state index >= 15 is 0 Å². The lowest BCUT2D eigenvalue weighted by Crippen LogP contribution is -2.44. The molecular formula is C54H102O6. The molecule has 3 fully saturated rings. The van der Waals surface area contributed by atoms with Gasteiger partial charge in [-0.25, -0.2) is 0 Å². The van der Waals surface area contributed by atoms with Crippen LogP contribution in [-0.2, 0) is 28.6 Å². The van der Waals surface area contributed by atoms with E-state index in [2.05, 4.69) is 43.4 Å². The fraction of sp³-hybridized carbons (Fsp3) is 0.833. The summed E-state index contributed by atoms with van der Waals surface area (Å²) in [6.45, 7) is 18.0. The first kappa shape index (κ1) is 61.9. The third-order valence-corrected chi connectivity index (χ3v) is 14.3. The summed E-state index contributed by atoms with van der Waals surface area (Å²) < 4.78 is 18.0. The van der Waals surface area contributed by atoms with E-state index in [1.807, 2.05) is 55.4 Å². The van der Waals surface area contributed by atoms with Gasteiger partial charge in [0.1, 0.15) is 16.8 Å². The molecule has 3 saturated carbocycles. The Hall–Kier alpha value is -2.37. The van der Waals surface area contributed by atoms with E-state index in [4.69, 9.17) is 14.2 Å². The molecule has 3 atom stereocenters. The normalized spacial score (nSPS) is 25.9. The summed E-state index contributed by atoms with van der Waals surface area (Å²) in [6, 6.07) is 0. The average molecular weight is 847 g/mol. The largest absolute Gasteiger partial charge is 0.454 e. The minimum atomic E-state index is -0.364. The molecule has 0 saturated heterocycles. The van der Waals surface area contributed by atoms with E-state index in [1.54, 1.807) is 0 Å². The lowest BCUT2D eigenvalue weighted by Gasteiger charge is -2.40. The molecule has 0 amide bonds. The number of hydrogen-bond donors (Lipinski definition) is 0. The van der Waals surface area contributed by atoms with Crippen LogP contribution in [-0.4, -0.2) is 34.7 Å². The van der Waals surface area contributed by atoms with E-state index in [0.29, 0.717) is 17.8 Å². The van der Waals surface area contributed by atoms with Crippen molar-refractivity contribution in [3.05, 3.63) is 36.5 Å². The molecule has 6 rings (SSSR count). The lowest BCUT2D eigenvalue weighted by atomic mass is 9.78. The standard InChI is InChI=1S/C17H28O2.C16H26O2.C15H24O2.6CH4/c1-4-16(2,3)15(18)19-17(12-8-5-9-13-17)14-10-6-7-11-14;1-4-15(2,3)14(17)18-16(11-7-8-12-16)13-9-5-6-10-13;1-4-14(2,3)13(16)17-15(12-8-9-12)10-6-5-7-11-15;;;;;;/h8,12,14H,4-7,9-11,13H2,1-3H3;7,11,13H,4-6,8-10,12H2,1-3H3;6,10,12H,4-5,7-9,11H2,1-3H3;6*1H4. The van der Waals surface area contributed by atoms with E-state index in [0.717, 1.165) is 70.6 Å². The molecule has 6 nitrogen and oxygen atoms in total. The predicted octanol–water partition coefficient (Wildman–Crippen LogP) is 16.6. The maximum Gasteiger partial charge on any atom is 0.312 e. The molecule has 0 N–H and O–H groups in total. The Morgan fingerprint density at radius 1 is 0.433 bits per heavy atom. The first-order chi connectivity index (χ1) is 25.5. The molecule has 0 aliphatic heterocycles. The quantitative estimate of drug-likeness (QED) is 0.111. The molecule has 0 aromatic heterocycles. The van der Waals surface area contributed by atoms with Crippen molar-refractivity contribution >= 4 is 17.9 Å². The first-order valence-corrected chi connectivity index (χ1v) is 22.2. The topological polar surface area (TPSA) is 78.9 Å². The summed E-state index contributed by atoms with van der Waals surface area (Å²) in [5.74, 6) is 1.60. The van der Waals surface area contributed by atoms with Crippen LogP contribution in [0.1, 0.15) is 242 Å². The van der Waals surface area contributed by atoms with Crippen LogP contribution in [0.5, 0.6) is 0 Å². The number of esters is 3. The summed E-state index contributed by atoms with van der Waals surface area (Å²) in [5.41, 5.74) is -1.91. The van der Waals surface area contributed by atoms with Gasteiger partial charge in [0, 0.05) is 17.8 Å². The number of rotatable bonds is 12. The second kappa shape index (κ2) is 26.3. The third-order valence-electron chi connectivity index (χ3n) is 14.3. The molecule has 0 spiro atoms. The van der Waals surface area contributed by atoms with Crippen LogP contribution in [0.2, 0.25) is 0 Å². The zero-order chi connectivity index (χ0) is 39.7. The lowest BCUT2D eigenvalue weighted by molar-refractivity contribution is -0.172. The Bertz CT molecular complexity index is 1340. The highest BCUT2D eigenvalue weighted by atomic mass is 16.6. The summed E-state index contributed by atoms with van der Waals surface area (Å²) >= 11 is 0. The molecule has 3 unspecified atom stereocenters. The second-order valence-corrected chi connectivity index (χ2v) is 19.5. The van der Waals surface area contributed by atoms with Crippen LogP contribution >= 0.6 is 0 Å². The van der Waals surface area contributed by atoms with Crippen molar-refractivity contribution in [2.75, 3.05) is 0 Å². The summed E-state index contributed by atoms with van der Waals surface area (Å²) in [4.78, 5) is 37.1. The van der Waals surface area contributed by atoms with Gasteiger partial charge in [-0.3, -0.25) is 14.4 Å². The monoisotopic (exact) mass is 847 g/mol. The number of ether oxygens (including phenoxy) is 3. The molecule has 0 radical (unpaired) electrons. The maximum absolute atomic E-state index is 12.5. The zero-order valence-corrected chi connectivity index (χ0v) is 36.0. The number of carbonyl (C=O) groups is 3. The molecule has 60 heavy (non-hydrogen) atoms. The highest BCUT2D eigenvalue weighted by Crippen LogP contribution is 2.49. The fourth-order valence-electron chi connectivity index (χ4n) is 8.69. The smallest absolute Gasteiger partial charge is 0.312 e. The first-order valence-electron chi connectivity index (χ1n) is 22.2. The van der Waals surface area contributed by atoms with Gasteiger partial charge in [-0.2, -0.15) is 0 Å². The van der Waals surface area contributed by atoms with Gasteiger partial charge in [-0.1, -0.05) is 109 Å². The Labute approximate surface area is 374 Å². The molecular weight excluding hydrogens is 745 g/mol. The van der Waals surface area contributed by atoms with Crippen molar-refractivity contribution in [1.82, 2.24) is 0 Å². The van der Waals surface area contributed by atoms with Crippen LogP contribution < -0.4 is 0 Å². The van der Waals surface area contributed by atoms with Crippen molar-refractivity contribution in [2.45, 2.75) is 259 Å². The second-order valence-electron chi connectivity index (χ2n) is 19.5. The van der Waals surface area contributed by atoms with Crippen LogP contribution in [0, 0.1) is 34.0 Å². The van der Waals surface area contributed by atoms with Gasteiger partial charge in [0.2, 0.25) is 0 Å². The number of allylic oxidation sites excluding steroid dienone is 3. The van der Waals surface area contributed by atoms with Gasteiger partial charge in [-0.05, 0) is 169 Å². The Kier molecular flexibility index (Phi) is 27.1. The van der Waals surface area contributed by atoms with Crippen LogP contribution in [0.3, 0.4) is 0 Å². The Morgan fingerprint density at radius 3 is 0.933 bits per heavy atom. The van der Waals surface area contributed by atoms with Crippen LogP contribution in [0.15, 0.2) is 36.5 Å². The van der Waals surface area contributed by atoms with Crippen LogP contribution in [0.4, 0.5) is 0 Å². The van der Waals surface area contributed by atoms with E-state index in [-0.39, 0.29) is 95.5 Å². The molecule has 0 aromatic carbocycles.